The molecule has 1 aliphatic heterocycles. The molecule has 3 rings (SSSR count). The van der Waals surface area contributed by atoms with E-state index in [2.05, 4.69) is 0 Å². The molecule has 5 heteroatoms. The van der Waals surface area contributed by atoms with Crippen molar-refractivity contribution >= 4 is 5.91 Å². The Bertz CT molecular complexity index is 522. The number of halogens is 1. The normalized spacial score (nSPS) is 20.9. The van der Waals surface area contributed by atoms with Gasteiger partial charge in [0.05, 0.1) is 12.6 Å². The van der Waals surface area contributed by atoms with Crippen molar-refractivity contribution in [3.63, 3.8) is 0 Å². The van der Waals surface area contributed by atoms with Crippen LogP contribution in [-0.2, 0) is 0 Å². The monoisotopic (exact) mass is 264 g/mol. The van der Waals surface area contributed by atoms with Crippen LogP contribution in [0, 0.1) is 11.7 Å². The van der Waals surface area contributed by atoms with E-state index in [9.17, 15) is 9.18 Å². The van der Waals surface area contributed by atoms with Crippen LogP contribution in [0.4, 0.5) is 4.39 Å². The number of hydrogen-bond acceptors (Lipinski definition) is 3. The lowest BCUT2D eigenvalue weighted by molar-refractivity contribution is 0.0343. The van der Waals surface area contributed by atoms with Crippen LogP contribution in [0.2, 0.25) is 0 Å². The number of ether oxygens (including phenoxy) is 1. The SMILES string of the molecule is COc1cccc(F)c1C(=O)N1CC(N)(C2CC2)C1. The van der Waals surface area contributed by atoms with Crippen LogP contribution in [0.25, 0.3) is 0 Å². The largest absolute Gasteiger partial charge is 0.496 e. The molecule has 0 atom stereocenters. The highest BCUT2D eigenvalue weighted by Crippen LogP contribution is 2.43. The van der Waals surface area contributed by atoms with Crippen molar-refractivity contribution in [2.45, 2.75) is 18.4 Å². The lowest BCUT2D eigenvalue weighted by atomic mass is 9.85. The number of rotatable bonds is 3. The number of nitrogens with two attached hydrogens (primary N) is 1. The molecule has 1 amide bonds. The van der Waals surface area contributed by atoms with Gasteiger partial charge in [-0.2, -0.15) is 0 Å². The van der Waals surface area contributed by atoms with Gasteiger partial charge in [-0.1, -0.05) is 6.07 Å². The molecule has 102 valence electrons. The summed E-state index contributed by atoms with van der Waals surface area (Å²) in [4.78, 5) is 13.9. The van der Waals surface area contributed by atoms with E-state index in [-0.39, 0.29) is 22.8 Å². The lowest BCUT2D eigenvalue weighted by Crippen LogP contribution is -2.69. The summed E-state index contributed by atoms with van der Waals surface area (Å²) >= 11 is 0. The van der Waals surface area contributed by atoms with Crippen LogP contribution < -0.4 is 10.5 Å². The number of amides is 1. The zero-order chi connectivity index (χ0) is 13.6. The highest BCUT2D eigenvalue weighted by atomic mass is 19.1. The average Bonchev–Trinajstić information content (AvgIpc) is 3.18. The van der Waals surface area contributed by atoms with Crippen LogP contribution in [0.5, 0.6) is 5.75 Å². The predicted molar refractivity (Wildman–Crippen MR) is 68.5 cm³/mol. The fourth-order valence-corrected chi connectivity index (χ4v) is 2.76. The van der Waals surface area contributed by atoms with Gasteiger partial charge in [-0.25, -0.2) is 4.39 Å². The highest BCUT2D eigenvalue weighted by Gasteiger charge is 2.52. The first-order valence-corrected chi connectivity index (χ1v) is 6.46. The predicted octanol–water partition coefficient (Wildman–Crippen LogP) is 1.40. The maximum atomic E-state index is 13.8. The molecule has 1 aliphatic carbocycles. The van der Waals surface area contributed by atoms with E-state index in [0.29, 0.717) is 19.0 Å². The zero-order valence-corrected chi connectivity index (χ0v) is 10.9. The topological polar surface area (TPSA) is 55.6 Å². The van der Waals surface area contributed by atoms with E-state index in [1.807, 2.05) is 0 Å². The van der Waals surface area contributed by atoms with Crippen molar-refractivity contribution in [2.75, 3.05) is 20.2 Å². The molecular weight excluding hydrogens is 247 g/mol. The summed E-state index contributed by atoms with van der Waals surface area (Å²) in [6.45, 7) is 1.02. The Morgan fingerprint density at radius 3 is 2.74 bits per heavy atom. The first-order valence-electron chi connectivity index (χ1n) is 6.46. The summed E-state index contributed by atoms with van der Waals surface area (Å²) in [6.07, 6.45) is 2.28. The molecule has 0 unspecified atom stereocenters. The Hall–Kier alpha value is -1.62. The molecule has 19 heavy (non-hydrogen) atoms. The fraction of sp³-hybridized carbons (Fsp3) is 0.500. The minimum absolute atomic E-state index is 0.00264. The third-order valence-electron chi connectivity index (χ3n) is 4.06. The molecule has 1 heterocycles. The van der Waals surface area contributed by atoms with Crippen LogP contribution in [0.3, 0.4) is 0 Å². The fourth-order valence-electron chi connectivity index (χ4n) is 2.76. The number of methoxy groups -OCH3 is 1. The van der Waals surface area contributed by atoms with Gasteiger partial charge in [0, 0.05) is 13.1 Å². The van der Waals surface area contributed by atoms with E-state index >= 15 is 0 Å². The standard InChI is InChI=1S/C14H17FN2O2/c1-19-11-4-2-3-10(15)12(11)13(18)17-7-14(16,8-17)9-5-6-9/h2-4,9H,5-8,16H2,1H3. The number of carbonyl (C=O) groups excluding carboxylic acids is 1. The summed E-state index contributed by atoms with van der Waals surface area (Å²) in [5.41, 5.74) is 5.95. The van der Waals surface area contributed by atoms with Crippen LogP contribution in [0.1, 0.15) is 23.2 Å². The smallest absolute Gasteiger partial charge is 0.260 e. The molecule has 1 saturated carbocycles. The number of nitrogens with zero attached hydrogens (tertiary/aromatic N) is 1. The second kappa shape index (κ2) is 4.20. The Kier molecular flexibility index (Phi) is 2.74. The summed E-state index contributed by atoms with van der Waals surface area (Å²) in [5.74, 6) is -0.0908. The molecule has 1 aromatic rings. The van der Waals surface area contributed by atoms with E-state index < -0.39 is 5.82 Å². The van der Waals surface area contributed by atoms with Crippen LogP contribution >= 0.6 is 0 Å². The molecule has 4 nitrogen and oxygen atoms in total. The molecule has 1 saturated heterocycles. The van der Waals surface area contributed by atoms with Gasteiger partial charge in [-0.3, -0.25) is 4.79 Å². The number of hydrogen-bond donors (Lipinski definition) is 1. The Morgan fingerprint density at radius 2 is 2.16 bits per heavy atom. The molecule has 1 aromatic carbocycles. The summed E-state index contributed by atoms with van der Waals surface area (Å²) in [7, 11) is 1.43. The van der Waals surface area contributed by atoms with Gasteiger partial charge < -0.3 is 15.4 Å². The number of likely N-dealkylation sites (tertiary alicyclic amines) is 1. The zero-order valence-electron chi connectivity index (χ0n) is 10.9. The summed E-state index contributed by atoms with van der Waals surface area (Å²) in [5, 5.41) is 0. The molecule has 0 aromatic heterocycles. The van der Waals surface area contributed by atoms with Crippen molar-refractivity contribution in [1.29, 1.82) is 0 Å². The van der Waals surface area contributed by atoms with Gasteiger partial charge in [-0.05, 0) is 30.9 Å². The van der Waals surface area contributed by atoms with E-state index in [1.54, 1.807) is 11.0 Å². The number of carbonyl (C=O) groups is 1. The van der Waals surface area contributed by atoms with Crippen LogP contribution in [-0.4, -0.2) is 36.5 Å². The van der Waals surface area contributed by atoms with Crippen molar-refractivity contribution in [1.82, 2.24) is 4.90 Å². The Morgan fingerprint density at radius 1 is 1.47 bits per heavy atom. The molecule has 2 fully saturated rings. The number of benzene rings is 1. The minimum Gasteiger partial charge on any atom is -0.496 e. The van der Waals surface area contributed by atoms with E-state index in [4.69, 9.17) is 10.5 Å². The second-order valence-electron chi connectivity index (χ2n) is 5.49. The second-order valence-corrected chi connectivity index (χ2v) is 5.49. The van der Waals surface area contributed by atoms with E-state index in [0.717, 1.165) is 12.8 Å². The lowest BCUT2D eigenvalue weighted by Gasteiger charge is -2.48. The molecular formula is C14H17FN2O2. The molecule has 0 bridgehead atoms. The van der Waals surface area contributed by atoms with Gasteiger partial charge in [0.25, 0.3) is 5.91 Å². The third kappa shape index (κ3) is 1.98. The van der Waals surface area contributed by atoms with Gasteiger partial charge >= 0.3 is 0 Å². The summed E-state index contributed by atoms with van der Waals surface area (Å²) < 4.78 is 18.9. The Balaban J connectivity index is 1.78. The molecule has 2 aliphatic rings. The first-order chi connectivity index (χ1) is 9.05. The Labute approximate surface area is 111 Å². The van der Waals surface area contributed by atoms with Gasteiger partial charge in [0.2, 0.25) is 0 Å². The molecule has 2 N–H and O–H groups in total. The average molecular weight is 264 g/mol. The molecule has 0 spiro atoms. The van der Waals surface area contributed by atoms with Gasteiger partial charge in [0.15, 0.2) is 0 Å². The summed E-state index contributed by atoms with van der Waals surface area (Å²) in [6, 6.07) is 4.39. The minimum atomic E-state index is -0.551. The van der Waals surface area contributed by atoms with Gasteiger partial charge in [0.1, 0.15) is 17.1 Å². The van der Waals surface area contributed by atoms with Crippen molar-refractivity contribution in [2.24, 2.45) is 11.7 Å². The first kappa shape index (κ1) is 12.4. The molecule has 0 radical (unpaired) electrons. The maximum absolute atomic E-state index is 13.8. The van der Waals surface area contributed by atoms with Gasteiger partial charge in [-0.15, -0.1) is 0 Å². The quantitative estimate of drug-likeness (QED) is 0.897. The maximum Gasteiger partial charge on any atom is 0.260 e. The van der Waals surface area contributed by atoms with Crippen molar-refractivity contribution in [3.8, 4) is 5.75 Å². The van der Waals surface area contributed by atoms with Crippen LogP contribution in [0.15, 0.2) is 18.2 Å². The highest BCUT2D eigenvalue weighted by molar-refractivity contribution is 5.98. The van der Waals surface area contributed by atoms with Crippen molar-refractivity contribution < 1.29 is 13.9 Å². The van der Waals surface area contributed by atoms with E-state index in [1.165, 1.54) is 19.2 Å². The third-order valence-corrected chi connectivity index (χ3v) is 4.06. The van der Waals surface area contributed by atoms with Crippen molar-refractivity contribution in [3.05, 3.63) is 29.6 Å².